The van der Waals surface area contributed by atoms with E-state index >= 15 is 0 Å². The quantitative estimate of drug-likeness (QED) is 0.759. The summed E-state index contributed by atoms with van der Waals surface area (Å²) in [6.07, 6.45) is 4.73. The zero-order chi connectivity index (χ0) is 12.4. The van der Waals surface area contributed by atoms with Crippen LogP contribution in [0, 0.1) is 5.92 Å². The summed E-state index contributed by atoms with van der Waals surface area (Å²) in [5.41, 5.74) is 0. The van der Waals surface area contributed by atoms with Gasteiger partial charge in [0.2, 0.25) is 5.91 Å². The Morgan fingerprint density at radius 1 is 1.59 bits per heavy atom. The van der Waals surface area contributed by atoms with Gasteiger partial charge in [0.15, 0.2) is 0 Å². The molecule has 5 heteroatoms. The van der Waals surface area contributed by atoms with Crippen molar-refractivity contribution in [3.63, 3.8) is 0 Å². The third kappa shape index (κ3) is 2.66. The molecule has 2 heterocycles. The zero-order valence-corrected chi connectivity index (χ0v) is 10.8. The molecule has 1 atom stereocenters. The molecule has 0 radical (unpaired) electrons. The summed E-state index contributed by atoms with van der Waals surface area (Å²) in [7, 11) is 5.65. The van der Waals surface area contributed by atoms with Gasteiger partial charge in [-0.25, -0.2) is 4.98 Å². The summed E-state index contributed by atoms with van der Waals surface area (Å²) in [5, 5.41) is 0. The highest BCUT2D eigenvalue weighted by molar-refractivity contribution is 5.78. The fourth-order valence-corrected chi connectivity index (χ4v) is 2.29. The monoisotopic (exact) mass is 236 g/mol. The van der Waals surface area contributed by atoms with Crippen molar-refractivity contribution in [3.05, 3.63) is 18.2 Å². The van der Waals surface area contributed by atoms with Crippen molar-refractivity contribution < 1.29 is 4.79 Å². The molecule has 0 N–H and O–H groups in total. The maximum absolute atomic E-state index is 11.8. The van der Waals surface area contributed by atoms with Gasteiger partial charge < -0.3 is 9.47 Å². The van der Waals surface area contributed by atoms with Crippen molar-refractivity contribution in [1.82, 2.24) is 19.4 Å². The van der Waals surface area contributed by atoms with Crippen LogP contribution < -0.4 is 0 Å². The molecule has 0 spiro atoms. The van der Waals surface area contributed by atoms with Crippen molar-refractivity contribution in [2.24, 2.45) is 13.0 Å². The van der Waals surface area contributed by atoms with Crippen LogP contribution in [0.3, 0.4) is 0 Å². The molecule has 0 aliphatic carbocycles. The molecule has 0 aromatic carbocycles. The van der Waals surface area contributed by atoms with E-state index in [2.05, 4.69) is 9.88 Å². The summed E-state index contributed by atoms with van der Waals surface area (Å²) in [6, 6.07) is 0. The number of aryl methyl sites for hydroxylation is 1. The molecular weight excluding hydrogens is 216 g/mol. The van der Waals surface area contributed by atoms with Crippen molar-refractivity contribution in [2.75, 3.05) is 27.2 Å². The average molecular weight is 236 g/mol. The van der Waals surface area contributed by atoms with Crippen LogP contribution in [0.5, 0.6) is 0 Å². The minimum absolute atomic E-state index is 0.158. The van der Waals surface area contributed by atoms with Gasteiger partial charge in [0.25, 0.3) is 0 Å². The van der Waals surface area contributed by atoms with Gasteiger partial charge in [0, 0.05) is 40.1 Å². The highest BCUT2D eigenvalue weighted by Gasteiger charge is 2.29. The molecule has 0 unspecified atom stereocenters. The Hall–Kier alpha value is -1.36. The van der Waals surface area contributed by atoms with Crippen molar-refractivity contribution in [1.29, 1.82) is 0 Å². The van der Waals surface area contributed by atoms with E-state index in [0.717, 1.165) is 31.9 Å². The van der Waals surface area contributed by atoms with E-state index in [1.165, 1.54) is 0 Å². The van der Waals surface area contributed by atoms with Gasteiger partial charge in [-0.05, 0) is 13.0 Å². The summed E-state index contributed by atoms with van der Waals surface area (Å²) in [5.74, 6) is 1.46. The van der Waals surface area contributed by atoms with Crippen LogP contribution in [0.2, 0.25) is 0 Å². The second-order valence-electron chi connectivity index (χ2n) is 4.91. The number of hydrogen-bond donors (Lipinski definition) is 0. The van der Waals surface area contributed by atoms with E-state index in [1.807, 2.05) is 38.1 Å². The predicted molar refractivity (Wildman–Crippen MR) is 65.3 cm³/mol. The second-order valence-corrected chi connectivity index (χ2v) is 4.91. The first-order chi connectivity index (χ1) is 8.08. The number of imidazole rings is 1. The molecule has 94 valence electrons. The van der Waals surface area contributed by atoms with Gasteiger partial charge >= 0.3 is 0 Å². The van der Waals surface area contributed by atoms with Crippen molar-refractivity contribution in [3.8, 4) is 0 Å². The third-order valence-electron chi connectivity index (χ3n) is 3.35. The number of carbonyl (C=O) groups is 1. The van der Waals surface area contributed by atoms with E-state index < -0.39 is 0 Å². The highest BCUT2D eigenvalue weighted by atomic mass is 16.2. The maximum atomic E-state index is 11.8. The standard InChI is InChI=1S/C12H20N4O/c1-14(2)12(17)10-4-6-16(8-10)9-11-13-5-7-15(11)3/h5,7,10H,4,6,8-9H2,1-3H3/t10-/m0/s1. The topological polar surface area (TPSA) is 41.4 Å². The number of hydrogen-bond acceptors (Lipinski definition) is 3. The van der Waals surface area contributed by atoms with Crippen molar-refractivity contribution in [2.45, 2.75) is 13.0 Å². The minimum atomic E-state index is 0.158. The summed E-state index contributed by atoms with van der Waals surface area (Å²) < 4.78 is 2.03. The lowest BCUT2D eigenvalue weighted by Gasteiger charge is -2.17. The molecule has 1 amide bonds. The zero-order valence-electron chi connectivity index (χ0n) is 10.8. The SMILES string of the molecule is CN(C)C(=O)[C@H]1CCN(Cc2nccn2C)C1. The Kier molecular flexibility index (Phi) is 3.47. The summed E-state index contributed by atoms with van der Waals surface area (Å²) >= 11 is 0. The average Bonchev–Trinajstić information content (AvgIpc) is 2.88. The fraction of sp³-hybridized carbons (Fsp3) is 0.667. The van der Waals surface area contributed by atoms with Gasteiger partial charge in [-0.3, -0.25) is 9.69 Å². The Morgan fingerprint density at radius 3 is 2.94 bits per heavy atom. The molecule has 0 saturated carbocycles. The Labute approximate surface area is 102 Å². The smallest absolute Gasteiger partial charge is 0.226 e. The maximum Gasteiger partial charge on any atom is 0.226 e. The van der Waals surface area contributed by atoms with Crippen LogP contribution >= 0.6 is 0 Å². The van der Waals surface area contributed by atoms with Gasteiger partial charge in [0.1, 0.15) is 5.82 Å². The lowest BCUT2D eigenvalue weighted by atomic mass is 10.1. The van der Waals surface area contributed by atoms with E-state index in [0.29, 0.717) is 0 Å². The number of likely N-dealkylation sites (tertiary alicyclic amines) is 1. The van der Waals surface area contributed by atoms with Crippen LogP contribution in [0.15, 0.2) is 12.4 Å². The first kappa shape index (κ1) is 12.1. The van der Waals surface area contributed by atoms with Crippen LogP contribution in [0.4, 0.5) is 0 Å². The van der Waals surface area contributed by atoms with E-state index in [9.17, 15) is 4.79 Å². The minimum Gasteiger partial charge on any atom is -0.349 e. The Morgan fingerprint density at radius 2 is 2.35 bits per heavy atom. The number of nitrogens with zero attached hydrogens (tertiary/aromatic N) is 4. The molecule has 1 fully saturated rings. The lowest BCUT2D eigenvalue weighted by molar-refractivity contribution is -0.132. The molecule has 5 nitrogen and oxygen atoms in total. The lowest BCUT2D eigenvalue weighted by Crippen LogP contribution is -2.31. The fourth-order valence-electron chi connectivity index (χ4n) is 2.29. The largest absolute Gasteiger partial charge is 0.349 e. The van der Waals surface area contributed by atoms with E-state index in [4.69, 9.17) is 0 Å². The molecule has 1 saturated heterocycles. The van der Waals surface area contributed by atoms with Gasteiger partial charge in [-0.1, -0.05) is 0 Å². The van der Waals surface area contributed by atoms with E-state index in [-0.39, 0.29) is 11.8 Å². The third-order valence-corrected chi connectivity index (χ3v) is 3.35. The van der Waals surface area contributed by atoms with Gasteiger partial charge in [0.05, 0.1) is 12.5 Å². The first-order valence-corrected chi connectivity index (χ1v) is 5.97. The molecule has 1 aromatic rings. The normalized spacial score (nSPS) is 20.8. The molecule has 17 heavy (non-hydrogen) atoms. The summed E-state index contributed by atoms with van der Waals surface area (Å²) in [6.45, 7) is 2.67. The number of aromatic nitrogens is 2. The molecule has 0 bridgehead atoms. The predicted octanol–water partition coefficient (Wildman–Crippen LogP) is 0.330. The molecule has 1 aliphatic rings. The molecular formula is C12H20N4O. The summed E-state index contributed by atoms with van der Waals surface area (Å²) in [4.78, 5) is 20.1. The van der Waals surface area contributed by atoms with E-state index in [1.54, 1.807) is 4.90 Å². The van der Waals surface area contributed by atoms with Crippen LogP contribution in [-0.2, 0) is 18.4 Å². The van der Waals surface area contributed by atoms with Crippen LogP contribution in [0.1, 0.15) is 12.2 Å². The highest BCUT2D eigenvalue weighted by Crippen LogP contribution is 2.19. The van der Waals surface area contributed by atoms with Crippen molar-refractivity contribution >= 4 is 5.91 Å². The Bertz CT molecular complexity index is 399. The Balaban J connectivity index is 1.90. The molecule has 1 aromatic heterocycles. The molecule has 1 aliphatic heterocycles. The number of amides is 1. The van der Waals surface area contributed by atoms with Gasteiger partial charge in [-0.15, -0.1) is 0 Å². The number of rotatable bonds is 3. The van der Waals surface area contributed by atoms with Gasteiger partial charge in [-0.2, -0.15) is 0 Å². The van der Waals surface area contributed by atoms with Crippen LogP contribution in [0.25, 0.3) is 0 Å². The second kappa shape index (κ2) is 4.87. The first-order valence-electron chi connectivity index (χ1n) is 5.97. The number of carbonyl (C=O) groups excluding carboxylic acids is 1. The van der Waals surface area contributed by atoms with Crippen LogP contribution in [-0.4, -0.2) is 52.4 Å². The molecule has 2 rings (SSSR count).